The number of aromatic nitrogens is 2. The fourth-order valence-electron chi connectivity index (χ4n) is 3.94. The van der Waals surface area contributed by atoms with E-state index in [0.29, 0.717) is 35.0 Å². The molecule has 0 radical (unpaired) electrons. The van der Waals surface area contributed by atoms with Crippen LogP contribution in [0.5, 0.6) is 5.75 Å². The SMILES string of the molecule is C=C(C)NC[C@H]1CN(S(=O)(=O)c2c(C)nc3ccccn23)c2cc(NC(=O)OC(C)(C)C)ccc2O1. The lowest BCUT2D eigenvalue weighted by Crippen LogP contribution is -2.47. The normalized spacial score (nSPS) is 15.7. The highest BCUT2D eigenvalue weighted by molar-refractivity contribution is 7.92. The summed E-state index contributed by atoms with van der Waals surface area (Å²) < 4.78 is 42.5. The van der Waals surface area contributed by atoms with Crippen LogP contribution in [0.2, 0.25) is 0 Å². The van der Waals surface area contributed by atoms with Gasteiger partial charge in [-0.3, -0.25) is 14.0 Å². The smallest absolute Gasteiger partial charge is 0.412 e. The van der Waals surface area contributed by atoms with E-state index in [1.165, 1.54) is 4.31 Å². The fourth-order valence-corrected chi connectivity index (χ4v) is 5.73. The highest BCUT2D eigenvalue weighted by Crippen LogP contribution is 2.39. The van der Waals surface area contributed by atoms with Gasteiger partial charge in [-0.25, -0.2) is 9.78 Å². The number of nitrogens with zero attached hydrogens (tertiary/aromatic N) is 3. The van der Waals surface area contributed by atoms with Crippen LogP contribution in [-0.2, 0) is 14.8 Å². The molecule has 4 rings (SSSR count). The van der Waals surface area contributed by atoms with Gasteiger partial charge in [0, 0.05) is 17.6 Å². The van der Waals surface area contributed by atoms with Gasteiger partial charge in [-0.05, 0) is 65.0 Å². The van der Waals surface area contributed by atoms with Crippen molar-refractivity contribution in [1.29, 1.82) is 0 Å². The van der Waals surface area contributed by atoms with E-state index < -0.39 is 27.8 Å². The highest BCUT2D eigenvalue weighted by atomic mass is 32.2. The number of benzene rings is 1. The van der Waals surface area contributed by atoms with Crippen molar-refractivity contribution in [3.63, 3.8) is 0 Å². The van der Waals surface area contributed by atoms with E-state index in [4.69, 9.17) is 9.47 Å². The van der Waals surface area contributed by atoms with Gasteiger partial charge in [0.25, 0.3) is 10.0 Å². The van der Waals surface area contributed by atoms with Gasteiger partial charge >= 0.3 is 6.09 Å². The fraction of sp³-hybridized carbons (Fsp3) is 0.360. The molecular formula is C25H31N5O5S. The number of imidazole rings is 1. The summed E-state index contributed by atoms with van der Waals surface area (Å²) in [5.41, 5.74) is 1.66. The summed E-state index contributed by atoms with van der Waals surface area (Å²) in [5.74, 6) is 0.375. The van der Waals surface area contributed by atoms with Crippen LogP contribution in [-0.4, -0.2) is 48.7 Å². The standard InChI is InChI=1S/C25H31N5O5S/c1-16(2)26-14-19-15-30(36(32,33)23-17(3)27-22-9-7-8-12-29(22)23)20-13-18(10-11-21(20)34-19)28-24(31)35-25(4,5)6/h7-13,19,26H,1,14-15H2,2-6H3,(H,28,31)/t19-/m0/s1. The van der Waals surface area contributed by atoms with Crippen molar-refractivity contribution in [3.05, 3.63) is 60.6 Å². The van der Waals surface area contributed by atoms with Crippen LogP contribution in [0, 0.1) is 6.92 Å². The van der Waals surface area contributed by atoms with Crippen molar-refractivity contribution >= 4 is 33.1 Å². The summed E-state index contributed by atoms with van der Waals surface area (Å²) in [7, 11) is -4.08. The molecule has 1 aromatic carbocycles. The van der Waals surface area contributed by atoms with Gasteiger partial charge < -0.3 is 14.8 Å². The lowest BCUT2D eigenvalue weighted by atomic mass is 10.2. The van der Waals surface area contributed by atoms with Crippen LogP contribution in [0.4, 0.5) is 16.2 Å². The number of rotatable bonds is 6. The summed E-state index contributed by atoms with van der Waals surface area (Å²) in [6.45, 7) is 13.0. The number of hydrogen-bond donors (Lipinski definition) is 2. The van der Waals surface area contributed by atoms with E-state index in [0.717, 1.165) is 5.70 Å². The number of sulfonamides is 1. The minimum atomic E-state index is -4.08. The molecule has 2 aromatic heterocycles. The van der Waals surface area contributed by atoms with Gasteiger partial charge in [-0.1, -0.05) is 12.6 Å². The first-order valence-electron chi connectivity index (χ1n) is 11.5. The summed E-state index contributed by atoms with van der Waals surface area (Å²) in [5, 5.41) is 5.86. The number of fused-ring (bicyclic) bond motifs is 2. The number of hydrogen-bond acceptors (Lipinski definition) is 7. The maximum absolute atomic E-state index is 14.1. The second kappa shape index (κ2) is 9.38. The molecule has 1 aliphatic rings. The third-order valence-electron chi connectivity index (χ3n) is 5.35. The monoisotopic (exact) mass is 513 g/mol. The molecule has 1 aliphatic heterocycles. The van der Waals surface area contributed by atoms with Crippen molar-refractivity contribution < 1.29 is 22.7 Å². The number of amides is 1. The molecule has 192 valence electrons. The molecule has 0 fully saturated rings. The zero-order chi connectivity index (χ0) is 26.3. The molecule has 0 spiro atoms. The highest BCUT2D eigenvalue weighted by Gasteiger charge is 2.37. The number of nitrogens with one attached hydrogen (secondary N) is 2. The van der Waals surface area contributed by atoms with Crippen LogP contribution in [0.25, 0.3) is 5.65 Å². The second-order valence-corrected chi connectivity index (χ2v) is 11.5. The number of pyridine rings is 1. The number of aryl methyl sites for hydroxylation is 1. The predicted molar refractivity (Wildman–Crippen MR) is 138 cm³/mol. The maximum Gasteiger partial charge on any atom is 0.412 e. The van der Waals surface area contributed by atoms with Crippen LogP contribution >= 0.6 is 0 Å². The van der Waals surface area contributed by atoms with Crippen molar-refractivity contribution in [3.8, 4) is 5.75 Å². The summed E-state index contributed by atoms with van der Waals surface area (Å²) in [4.78, 5) is 16.8. The Bertz CT molecular complexity index is 1420. The third kappa shape index (κ3) is 5.25. The van der Waals surface area contributed by atoms with Gasteiger partial charge in [0.05, 0.1) is 24.5 Å². The third-order valence-corrected chi connectivity index (χ3v) is 7.26. The van der Waals surface area contributed by atoms with Gasteiger partial charge in [-0.2, -0.15) is 8.42 Å². The van der Waals surface area contributed by atoms with Crippen molar-refractivity contribution in [2.75, 3.05) is 22.7 Å². The molecule has 0 aliphatic carbocycles. The minimum Gasteiger partial charge on any atom is -0.484 e. The van der Waals surface area contributed by atoms with E-state index in [2.05, 4.69) is 22.2 Å². The molecule has 36 heavy (non-hydrogen) atoms. The van der Waals surface area contributed by atoms with Gasteiger partial charge in [0.15, 0.2) is 5.03 Å². The molecule has 0 bridgehead atoms. The Morgan fingerprint density at radius 1 is 1.28 bits per heavy atom. The Balaban J connectivity index is 1.77. The number of allylic oxidation sites excluding steroid dienone is 1. The Morgan fingerprint density at radius 2 is 2.03 bits per heavy atom. The Morgan fingerprint density at radius 3 is 2.72 bits per heavy atom. The van der Waals surface area contributed by atoms with Gasteiger partial charge in [-0.15, -0.1) is 0 Å². The Labute approximate surface area is 211 Å². The quantitative estimate of drug-likeness (QED) is 0.511. The first-order valence-corrected chi connectivity index (χ1v) is 13.0. The summed E-state index contributed by atoms with van der Waals surface area (Å²) >= 11 is 0. The maximum atomic E-state index is 14.1. The summed E-state index contributed by atoms with van der Waals surface area (Å²) in [6, 6.07) is 10.2. The van der Waals surface area contributed by atoms with Gasteiger partial charge in [0.2, 0.25) is 0 Å². The first-order chi connectivity index (χ1) is 16.8. The molecule has 1 atom stereocenters. The van der Waals surface area contributed by atoms with E-state index in [1.807, 2.05) is 6.92 Å². The molecular weight excluding hydrogens is 482 g/mol. The van der Waals surface area contributed by atoms with Crippen LogP contribution in [0.3, 0.4) is 0 Å². The van der Waals surface area contributed by atoms with E-state index in [9.17, 15) is 13.2 Å². The molecule has 0 saturated carbocycles. The number of carbonyl (C=O) groups excluding carboxylic acids is 1. The van der Waals surface area contributed by atoms with E-state index in [-0.39, 0.29) is 11.6 Å². The average molecular weight is 514 g/mol. The van der Waals surface area contributed by atoms with E-state index in [1.54, 1.807) is 74.7 Å². The molecule has 2 N–H and O–H groups in total. The minimum absolute atomic E-state index is 0.0466. The molecule has 1 amide bonds. The second-order valence-electron chi connectivity index (χ2n) is 9.68. The number of carbonyl (C=O) groups is 1. The largest absolute Gasteiger partial charge is 0.484 e. The number of anilines is 2. The van der Waals surface area contributed by atoms with Crippen molar-refractivity contribution in [2.24, 2.45) is 0 Å². The number of ether oxygens (including phenoxy) is 2. The lowest BCUT2D eigenvalue weighted by Gasteiger charge is -2.36. The zero-order valence-corrected chi connectivity index (χ0v) is 21.8. The average Bonchev–Trinajstić information content (AvgIpc) is 3.12. The first kappa shape index (κ1) is 25.4. The van der Waals surface area contributed by atoms with Crippen molar-refractivity contribution in [1.82, 2.24) is 14.7 Å². The van der Waals surface area contributed by atoms with Crippen LogP contribution in [0.15, 0.2) is 59.9 Å². The topological polar surface area (TPSA) is 114 Å². The Hall–Kier alpha value is -3.73. The van der Waals surface area contributed by atoms with Crippen LogP contribution < -0.4 is 19.7 Å². The Kier molecular flexibility index (Phi) is 6.61. The molecule has 3 aromatic rings. The molecule has 11 heteroatoms. The van der Waals surface area contributed by atoms with Crippen LogP contribution in [0.1, 0.15) is 33.4 Å². The van der Waals surface area contributed by atoms with E-state index >= 15 is 0 Å². The lowest BCUT2D eigenvalue weighted by molar-refractivity contribution is 0.0636. The van der Waals surface area contributed by atoms with Crippen molar-refractivity contribution in [2.45, 2.75) is 51.3 Å². The molecule has 0 saturated heterocycles. The molecule has 3 heterocycles. The zero-order valence-electron chi connectivity index (χ0n) is 21.0. The van der Waals surface area contributed by atoms with Gasteiger partial charge in [0.1, 0.15) is 23.1 Å². The molecule has 0 unspecified atom stereocenters. The summed E-state index contributed by atoms with van der Waals surface area (Å²) in [6.07, 6.45) is 0.548. The predicted octanol–water partition coefficient (Wildman–Crippen LogP) is 4.07. The molecule has 10 nitrogen and oxygen atoms in total.